The van der Waals surface area contributed by atoms with Crippen molar-refractivity contribution in [2.24, 2.45) is 0 Å². The summed E-state index contributed by atoms with van der Waals surface area (Å²) in [6.07, 6.45) is 0. The molecule has 2 N–H and O–H groups in total. The summed E-state index contributed by atoms with van der Waals surface area (Å²) in [5.41, 5.74) is 0. The zero-order chi connectivity index (χ0) is 13.5. The number of benzene rings is 1. The molecule has 18 heavy (non-hydrogen) atoms. The molecule has 0 radical (unpaired) electrons. The highest BCUT2D eigenvalue weighted by atomic mass is 16.5. The fourth-order valence-corrected chi connectivity index (χ4v) is 1.12. The minimum absolute atomic E-state index is 0.220. The predicted octanol–water partition coefficient (Wildman–Crippen LogP) is 0.622. The van der Waals surface area contributed by atoms with Gasteiger partial charge in [-0.2, -0.15) is 0 Å². The van der Waals surface area contributed by atoms with E-state index in [1.54, 1.807) is 0 Å². The Hall–Kier alpha value is -2.44. The van der Waals surface area contributed by atoms with Gasteiger partial charge in [-0.05, 0) is 0 Å². The van der Waals surface area contributed by atoms with E-state index in [0.717, 1.165) is 0 Å². The molecule has 0 bridgehead atoms. The van der Waals surface area contributed by atoms with Crippen molar-refractivity contribution in [3.63, 3.8) is 0 Å². The lowest BCUT2D eigenvalue weighted by Gasteiger charge is -2.09. The standard InChI is InChI=1S/C11H12O7/c1-16-7-2-8(17-5-10(12)13)4-9(3-7)18-6-11(14)15/h2-4H,5-6H2,1H3,(H,12,13)(H,14,15). The first-order valence-electron chi connectivity index (χ1n) is 4.89. The molecule has 0 fully saturated rings. The van der Waals surface area contributed by atoms with Crippen LogP contribution < -0.4 is 14.2 Å². The van der Waals surface area contributed by atoms with Gasteiger partial charge >= 0.3 is 11.9 Å². The third kappa shape index (κ3) is 4.60. The van der Waals surface area contributed by atoms with Gasteiger partial charge in [-0.1, -0.05) is 0 Å². The molecule has 0 amide bonds. The molecule has 0 saturated carbocycles. The Morgan fingerprint density at radius 3 is 1.67 bits per heavy atom. The maximum atomic E-state index is 10.4. The predicted molar refractivity (Wildman–Crippen MR) is 59.3 cm³/mol. The number of carbonyl (C=O) groups is 2. The molecule has 0 aliphatic heterocycles. The second-order valence-electron chi connectivity index (χ2n) is 3.21. The molecular formula is C11H12O7. The van der Waals surface area contributed by atoms with Gasteiger partial charge in [0.2, 0.25) is 0 Å². The molecular weight excluding hydrogens is 244 g/mol. The van der Waals surface area contributed by atoms with Gasteiger partial charge in [0.15, 0.2) is 13.2 Å². The fourth-order valence-electron chi connectivity index (χ4n) is 1.12. The molecule has 0 spiro atoms. The Balaban J connectivity index is 2.80. The summed E-state index contributed by atoms with van der Waals surface area (Å²) in [6, 6.07) is 4.32. The third-order valence-electron chi connectivity index (χ3n) is 1.81. The van der Waals surface area contributed by atoms with E-state index in [2.05, 4.69) is 0 Å². The van der Waals surface area contributed by atoms with Crippen molar-refractivity contribution >= 4 is 11.9 Å². The van der Waals surface area contributed by atoms with Gasteiger partial charge in [0.05, 0.1) is 7.11 Å². The van der Waals surface area contributed by atoms with Gasteiger partial charge in [0.1, 0.15) is 17.2 Å². The molecule has 1 aromatic rings. The molecule has 1 rings (SSSR count). The van der Waals surface area contributed by atoms with Gasteiger partial charge in [-0.25, -0.2) is 9.59 Å². The number of rotatable bonds is 7. The SMILES string of the molecule is COc1cc(OCC(=O)O)cc(OCC(=O)O)c1. The first kappa shape index (κ1) is 13.6. The molecule has 0 aliphatic rings. The topological polar surface area (TPSA) is 102 Å². The molecule has 0 atom stereocenters. The summed E-state index contributed by atoms with van der Waals surface area (Å²) in [5, 5.41) is 17.0. The summed E-state index contributed by atoms with van der Waals surface area (Å²) >= 11 is 0. The van der Waals surface area contributed by atoms with E-state index >= 15 is 0 Å². The number of carboxylic acid groups (broad SMARTS) is 2. The van der Waals surface area contributed by atoms with Crippen LogP contribution in [-0.2, 0) is 9.59 Å². The van der Waals surface area contributed by atoms with Crippen LogP contribution in [0.4, 0.5) is 0 Å². The van der Waals surface area contributed by atoms with E-state index in [4.69, 9.17) is 24.4 Å². The van der Waals surface area contributed by atoms with Crippen molar-refractivity contribution in [3.8, 4) is 17.2 Å². The van der Waals surface area contributed by atoms with E-state index in [0.29, 0.717) is 5.75 Å². The molecule has 0 aromatic heterocycles. The Morgan fingerprint density at radius 2 is 1.33 bits per heavy atom. The average molecular weight is 256 g/mol. The van der Waals surface area contributed by atoms with Crippen molar-refractivity contribution in [3.05, 3.63) is 18.2 Å². The molecule has 0 unspecified atom stereocenters. The Morgan fingerprint density at radius 1 is 0.944 bits per heavy atom. The van der Waals surface area contributed by atoms with E-state index in [1.165, 1.54) is 25.3 Å². The average Bonchev–Trinajstić information content (AvgIpc) is 2.33. The first-order valence-corrected chi connectivity index (χ1v) is 4.89. The molecule has 7 nitrogen and oxygen atoms in total. The Kier molecular flexibility index (Phi) is 4.79. The highest BCUT2D eigenvalue weighted by Gasteiger charge is 2.07. The van der Waals surface area contributed by atoms with Crippen LogP contribution in [-0.4, -0.2) is 42.5 Å². The van der Waals surface area contributed by atoms with Crippen molar-refractivity contribution < 1.29 is 34.0 Å². The van der Waals surface area contributed by atoms with Crippen molar-refractivity contribution in [2.45, 2.75) is 0 Å². The number of carboxylic acids is 2. The largest absolute Gasteiger partial charge is 0.496 e. The molecule has 0 saturated heterocycles. The third-order valence-corrected chi connectivity index (χ3v) is 1.81. The Labute approximate surface area is 103 Å². The minimum atomic E-state index is -1.12. The van der Waals surface area contributed by atoms with Crippen LogP contribution in [0.5, 0.6) is 17.2 Å². The van der Waals surface area contributed by atoms with Crippen molar-refractivity contribution in [1.82, 2.24) is 0 Å². The van der Waals surface area contributed by atoms with Crippen molar-refractivity contribution in [1.29, 1.82) is 0 Å². The number of hydrogen-bond donors (Lipinski definition) is 2. The summed E-state index contributed by atoms with van der Waals surface area (Å²) in [6.45, 7) is -1.02. The summed E-state index contributed by atoms with van der Waals surface area (Å²) in [7, 11) is 1.41. The zero-order valence-electron chi connectivity index (χ0n) is 9.58. The highest BCUT2D eigenvalue weighted by molar-refractivity contribution is 5.69. The summed E-state index contributed by atoms with van der Waals surface area (Å²) < 4.78 is 14.9. The maximum absolute atomic E-state index is 10.4. The lowest BCUT2D eigenvalue weighted by atomic mass is 10.3. The van der Waals surface area contributed by atoms with Crippen LogP contribution in [0.2, 0.25) is 0 Å². The molecule has 98 valence electrons. The molecule has 0 aliphatic carbocycles. The summed E-state index contributed by atoms with van der Waals surface area (Å²) in [4.78, 5) is 20.7. The Bertz CT molecular complexity index is 405. The second-order valence-corrected chi connectivity index (χ2v) is 3.21. The van der Waals surface area contributed by atoms with Crippen LogP contribution in [0.25, 0.3) is 0 Å². The van der Waals surface area contributed by atoms with Crippen LogP contribution in [0.1, 0.15) is 0 Å². The summed E-state index contributed by atoms with van der Waals surface area (Å²) in [5.74, 6) is -1.43. The number of hydrogen-bond acceptors (Lipinski definition) is 5. The fraction of sp³-hybridized carbons (Fsp3) is 0.273. The maximum Gasteiger partial charge on any atom is 0.341 e. The van der Waals surface area contributed by atoms with Gasteiger partial charge in [-0.15, -0.1) is 0 Å². The van der Waals surface area contributed by atoms with Gasteiger partial charge in [-0.3, -0.25) is 0 Å². The van der Waals surface area contributed by atoms with E-state index in [1.807, 2.05) is 0 Å². The van der Waals surface area contributed by atoms with Crippen LogP contribution in [0, 0.1) is 0 Å². The van der Waals surface area contributed by atoms with E-state index in [-0.39, 0.29) is 11.5 Å². The number of ether oxygens (including phenoxy) is 3. The van der Waals surface area contributed by atoms with Crippen LogP contribution in [0.15, 0.2) is 18.2 Å². The van der Waals surface area contributed by atoms with Gasteiger partial charge < -0.3 is 24.4 Å². The lowest BCUT2D eigenvalue weighted by molar-refractivity contribution is -0.140. The van der Waals surface area contributed by atoms with Gasteiger partial charge in [0.25, 0.3) is 0 Å². The van der Waals surface area contributed by atoms with Gasteiger partial charge in [0, 0.05) is 18.2 Å². The monoisotopic (exact) mass is 256 g/mol. The van der Waals surface area contributed by atoms with Crippen LogP contribution >= 0.6 is 0 Å². The molecule has 7 heteroatoms. The number of methoxy groups -OCH3 is 1. The lowest BCUT2D eigenvalue weighted by Crippen LogP contribution is -2.11. The molecule has 0 heterocycles. The van der Waals surface area contributed by atoms with Crippen molar-refractivity contribution in [2.75, 3.05) is 20.3 Å². The zero-order valence-corrected chi connectivity index (χ0v) is 9.58. The smallest absolute Gasteiger partial charge is 0.341 e. The number of aliphatic carboxylic acids is 2. The van der Waals surface area contributed by atoms with Crippen LogP contribution in [0.3, 0.4) is 0 Å². The first-order chi connectivity index (χ1) is 8.51. The second kappa shape index (κ2) is 6.33. The normalized spacial score (nSPS) is 9.61. The van der Waals surface area contributed by atoms with E-state index in [9.17, 15) is 9.59 Å². The molecule has 1 aromatic carbocycles. The minimum Gasteiger partial charge on any atom is -0.496 e. The quantitative estimate of drug-likeness (QED) is 0.737. The van der Waals surface area contributed by atoms with E-state index < -0.39 is 25.2 Å². The highest BCUT2D eigenvalue weighted by Crippen LogP contribution is 2.27.